The molecule has 158 valence electrons. The fraction of sp³-hybridized carbons (Fsp3) is 0. The summed E-state index contributed by atoms with van der Waals surface area (Å²) in [5, 5.41) is 7.94. The Kier molecular flexibility index (Phi) is 5.09. The Labute approximate surface area is 192 Å². The number of H-pyrrole nitrogens is 2. The van der Waals surface area contributed by atoms with Gasteiger partial charge in [0.1, 0.15) is 11.4 Å². The highest BCUT2D eigenvalue weighted by atomic mass is 35.5. The third kappa shape index (κ3) is 3.82. The van der Waals surface area contributed by atoms with Crippen LogP contribution in [0.4, 0.5) is 11.4 Å². The molecule has 0 unspecified atom stereocenters. The van der Waals surface area contributed by atoms with Crippen LogP contribution in [0.3, 0.4) is 0 Å². The maximum Gasteiger partial charge on any atom is 0.272 e. The Morgan fingerprint density at radius 3 is 1.44 bits per heavy atom. The van der Waals surface area contributed by atoms with E-state index >= 15 is 0 Å². The summed E-state index contributed by atoms with van der Waals surface area (Å²) in [6.07, 6.45) is 0. The largest absolute Gasteiger partial charge is 0.351 e. The van der Waals surface area contributed by atoms with E-state index in [0.29, 0.717) is 22.8 Å². The van der Waals surface area contributed by atoms with E-state index in [2.05, 4.69) is 20.6 Å². The smallest absolute Gasteiger partial charge is 0.272 e. The van der Waals surface area contributed by atoms with E-state index < -0.39 is 0 Å². The summed E-state index contributed by atoms with van der Waals surface area (Å²) >= 11 is 12.4. The van der Waals surface area contributed by atoms with Gasteiger partial charge in [0.25, 0.3) is 11.8 Å². The minimum absolute atomic E-state index is 0.252. The first-order valence-corrected chi connectivity index (χ1v) is 10.5. The number of anilines is 2. The van der Waals surface area contributed by atoms with Gasteiger partial charge in [-0.2, -0.15) is 0 Å². The average Bonchev–Trinajstić information content (AvgIpc) is 3.41. The van der Waals surface area contributed by atoms with E-state index in [4.69, 9.17) is 23.2 Å². The van der Waals surface area contributed by atoms with Gasteiger partial charge in [0.15, 0.2) is 0 Å². The normalized spacial score (nSPS) is 11.1. The zero-order valence-corrected chi connectivity index (χ0v) is 18.0. The molecular weight excluding hydrogens is 447 g/mol. The fourth-order valence-corrected chi connectivity index (χ4v) is 3.85. The van der Waals surface area contributed by atoms with Gasteiger partial charge in [-0.05, 0) is 36.4 Å². The highest BCUT2D eigenvalue weighted by Gasteiger charge is 2.17. The van der Waals surface area contributed by atoms with Crippen LogP contribution in [0.25, 0.3) is 21.8 Å². The number of fused-ring (bicyclic) bond motifs is 2. The van der Waals surface area contributed by atoms with Crippen molar-refractivity contribution in [2.24, 2.45) is 0 Å². The predicted molar refractivity (Wildman–Crippen MR) is 129 cm³/mol. The number of amides is 2. The second kappa shape index (κ2) is 8.07. The molecule has 0 bridgehead atoms. The highest BCUT2D eigenvalue weighted by Crippen LogP contribution is 2.33. The first-order valence-electron chi connectivity index (χ1n) is 9.75. The number of para-hydroxylation sites is 2. The number of nitrogens with one attached hydrogen (secondary N) is 4. The Morgan fingerprint density at radius 1 is 0.625 bits per heavy atom. The molecule has 2 heterocycles. The van der Waals surface area contributed by atoms with Gasteiger partial charge in [-0.25, -0.2) is 0 Å². The lowest BCUT2D eigenvalue weighted by Crippen LogP contribution is -2.17. The number of benzene rings is 3. The van der Waals surface area contributed by atoms with Crippen molar-refractivity contribution in [2.45, 2.75) is 0 Å². The van der Waals surface area contributed by atoms with Gasteiger partial charge >= 0.3 is 0 Å². The molecule has 3 aromatic carbocycles. The minimum atomic E-state index is -0.374. The summed E-state index contributed by atoms with van der Waals surface area (Å²) in [4.78, 5) is 31.9. The van der Waals surface area contributed by atoms with Crippen molar-refractivity contribution in [1.29, 1.82) is 0 Å². The van der Waals surface area contributed by atoms with Crippen LogP contribution < -0.4 is 10.6 Å². The van der Waals surface area contributed by atoms with Crippen LogP contribution in [0.15, 0.2) is 72.8 Å². The van der Waals surface area contributed by atoms with Gasteiger partial charge in [-0.15, -0.1) is 0 Å². The monoisotopic (exact) mass is 462 g/mol. The average molecular weight is 463 g/mol. The first kappa shape index (κ1) is 20.2. The van der Waals surface area contributed by atoms with Crippen LogP contribution in [-0.4, -0.2) is 21.8 Å². The molecule has 2 aromatic heterocycles. The minimum Gasteiger partial charge on any atom is -0.351 e. The van der Waals surface area contributed by atoms with Crippen LogP contribution in [0, 0.1) is 0 Å². The summed E-state index contributed by atoms with van der Waals surface area (Å²) < 4.78 is 0. The van der Waals surface area contributed by atoms with E-state index in [0.717, 1.165) is 21.8 Å². The van der Waals surface area contributed by atoms with E-state index in [9.17, 15) is 9.59 Å². The topological polar surface area (TPSA) is 89.8 Å². The van der Waals surface area contributed by atoms with Crippen LogP contribution in [0.2, 0.25) is 10.0 Å². The van der Waals surface area contributed by atoms with Crippen molar-refractivity contribution >= 4 is 68.2 Å². The third-order valence-electron chi connectivity index (χ3n) is 5.11. The number of rotatable bonds is 4. The zero-order chi connectivity index (χ0) is 22.2. The molecule has 0 aliphatic carbocycles. The van der Waals surface area contributed by atoms with Gasteiger partial charge in [0, 0.05) is 21.8 Å². The molecule has 0 saturated heterocycles. The molecule has 6 nitrogen and oxygen atoms in total. The number of hydrogen-bond donors (Lipinski definition) is 4. The SMILES string of the molecule is O=C(Nc1cc(Cl)c(Cl)cc1NC(=O)c1cc2ccccc2[nH]1)c1cc2ccccc2[nH]1. The lowest BCUT2D eigenvalue weighted by Gasteiger charge is -2.13. The van der Waals surface area contributed by atoms with Gasteiger partial charge in [-0.1, -0.05) is 59.6 Å². The summed E-state index contributed by atoms with van der Waals surface area (Å²) in [6, 6.07) is 21.7. The van der Waals surface area contributed by atoms with Crippen LogP contribution in [0.1, 0.15) is 21.0 Å². The number of halogens is 2. The number of aromatic nitrogens is 2. The molecule has 2 amide bonds. The fourth-order valence-electron chi connectivity index (χ4n) is 3.52. The van der Waals surface area contributed by atoms with E-state index in [1.165, 1.54) is 12.1 Å². The lowest BCUT2D eigenvalue weighted by atomic mass is 10.2. The van der Waals surface area contributed by atoms with Gasteiger partial charge in [0.05, 0.1) is 21.4 Å². The van der Waals surface area contributed by atoms with Crippen molar-refractivity contribution in [3.63, 3.8) is 0 Å². The molecule has 5 rings (SSSR count). The quantitative estimate of drug-likeness (QED) is 0.246. The third-order valence-corrected chi connectivity index (χ3v) is 5.83. The van der Waals surface area contributed by atoms with Gasteiger partial charge in [0.2, 0.25) is 0 Å². The van der Waals surface area contributed by atoms with Crippen molar-refractivity contribution in [2.75, 3.05) is 10.6 Å². The lowest BCUT2D eigenvalue weighted by molar-refractivity contribution is 0.101. The van der Waals surface area contributed by atoms with Crippen LogP contribution >= 0.6 is 23.2 Å². The van der Waals surface area contributed by atoms with Crippen LogP contribution in [-0.2, 0) is 0 Å². The van der Waals surface area contributed by atoms with E-state index in [1.54, 1.807) is 12.1 Å². The molecule has 32 heavy (non-hydrogen) atoms. The molecular formula is C24H16Cl2N4O2. The Balaban J connectivity index is 1.44. The Hall–Kier alpha value is -3.74. The maximum absolute atomic E-state index is 12.9. The molecule has 0 spiro atoms. The standard InChI is InChI=1S/C24H16Cl2N4O2/c25-15-11-19(29-23(31)21-9-13-5-1-3-7-17(13)27-21)20(12-16(15)26)30-24(32)22-10-14-6-2-4-8-18(14)28-22/h1-12,27-28H,(H,29,31)(H,30,32). The van der Waals surface area contributed by atoms with Crippen molar-refractivity contribution in [3.05, 3.63) is 94.2 Å². The Bertz CT molecular complexity index is 1320. The van der Waals surface area contributed by atoms with E-state index in [1.807, 2.05) is 48.5 Å². The predicted octanol–water partition coefficient (Wildman–Crippen LogP) is 6.46. The number of aromatic amines is 2. The molecule has 0 atom stereocenters. The Morgan fingerprint density at radius 2 is 1.03 bits per heavy atom. The molecule has 0 saturated carbocycles. The summed E-state index contributed by atoms with van der Waals surface area (Å²) in [5.74, 6) is -0.749. The molecule has 5 aromatic rings. The van der Waals surface area contributed by atoms with Crippen molar-refractivity contribution < 1.29 is 9.59 Å². The molecule has 4 N–H and O–H groups in total. The molecule has 0 aliphatic rings. The summed E-state index contributed by atoms with van der Waals surface area (Å²) in [6.45, 7) is 0. The summed E-state index contributed by atoms with van der Waals surface area (Å²) in [7, 11) is 0. The molecule has 0 aliphatic heterocycles. The van der Waals surface area contributed by atoms with Crippen molar-refractivity contribution in [1.82, 2.24) is 9.97 Å². The number of hydrogen-bond acceptors (Lipinski definition) is 2. The maximum atomic E-state index is 12.9. The van der Waals surface area contributed by atoms with Gasteiger partial charge in [-0.3, -0.25) is 9.59 Å². The molecule has 8 heteroatoms. The summed E-state index contributed by atoms with van der Waals surface area (Å²) in [5.41, 5.74) is 3.11. The number of carbonyl (C=O) groups excluding carboxylic acids is 2. The highest BCUT2D eigenvalue weighted by molar-refractivity contribution is 6.42. The molecule has 0 fully saturated rings. The second-order valence-electron chi connectivity index (χ2n) is 7.26. The number of carbonyl (C=O) groups is 2. The van der Waals surface area contributed by atoms with Crippen molar-refractivity contribution in [3.8, 4) is 0 Å². The zero-order valence-electron chi connectivity index (χ0n) is 16.5. The van der Waals surface area contributed by atoms with Crippen LogP contribution in [0.5, 0.6) is 0 Å². The molecule has 0 radical (unpaired) electrons. The first-order chi connectivity index (χ1) is 15.5. The van der Waals surface area contributed by atoms with Gasteiger partial charge < -0.3 is 20.6 Å². The van der Waals surface area contributed by atoms with E-state index in [-0.39, 0.29) is 21.9 Å². The second-order valence-corrected chi connectivity index (χ2v) is 8.08.